The molecule has 0 aliphatic heterocycles. The molecule has 2 aliphatic carbocycles. The Bertz CT molecular complexity index is 5810. The van der Waals surface area contributed by atoms with Crippen molar-refractivity contribution in [3.05, 3.63) is 493 Å². The number of rotatable bonds is 15. The zero-order valence-corrected chi connectivity index (χ0v) is 58.6. The lowest BCUT2D eigenvalue weighted by atomic mass is 9.67. The van der Waals surface area contributed by atoms with Crippen LogP contribution in [0.5, 0.6) is 0 Å². The molecule has 2 heteroatoms. The molecule has 0 atom stereocenters. The molecule has 17 aromatic carbocycles. The second kappa shape index (κ2) is 28.3. The summed E-state index contributed by atoms with van der Waals surface area (Å²) in [6.45, 7) is 0. The molecule has 17 aromatic rings. The molecule has 2 aliphatic rings. The number of anilines is 6. The van der Waals surface area contributed by atoms with Gasteiger partial charge >= 0.3 is 0 Å². The highest BCUT2D eigenvalue weighted by Crippen LogP contribution is 2.60. The van der Waals surface area contributed by atoms with Gasteiger partial charge in [0.05, 0.1) is 16.5 Å². The van der Waals surface area contributed by atoms with Gasteiger partial charge in [-0.25, -0.2) is 0 Å². The normalized spacial score (nSPS) is 12.5. The van der Waals surface area contributed by atoms with E-state index >= 15 is 0 Å². The molecule has 2 nitrogen and oxygen atoms in total. The van der Waals surface area contributed by atoms with Crippen LogP contribution in [0.25, 0.3) is 77.9 Å². The Labute approximate surface area is 622 Å². The van der Waals surface area contributed by atoms with Crippen LogP contribution < -0.4 is 9.80 Å². The monoisotopic (exact) mass is 1350 g/mol. The SMILES string of the molecule is c1ccc(-c2ccc(N(c3ccc4c(c3)C(c3ccccc3)(c3ccccc3)c3ccccc3-4)c3ccc(-c4ccccc4)cc3-c3ccccc3)cc2)cc1.c1ccc(-c2ccc(N(c3cccc(-c4ccccc4)c3)c3ccc4c(c3)C(c3ccccc3)(c3ccccc3)c3ccccc3-4)cc2)cc1. The largest absolute Gasteiger partial charge is 0.310 e. The fourth-order valence-corrected chi connectivity index (χ4v) is 16.7. The van der Waals surface area contributed by atoms with Gasteiger partial charge in [-0.1, -0.05) is 376 Å². The zero-order chi connectivity index (χ0) is 70.6. The fourth-order valence-electron chi connectivity index (χ4n) is 16.7. The Hall–Kier alpha value is -13.7. The summed E-state index contributed by atoms with van der Waals surface area (Å²) in [5.41, 5.74) is 32.9. The van der Waals surface area contributed by atoms with Gasteiger partial charge in [0.1, 0.15) is 0 Å². The highest BCUT2D eigenvalue weighted by Gasteiger charge is 2.48. The van der Waals surface area contributed by atoms with Crippen molar-refractivity contribution < 1.29 is 0 Å². The van der Waals surface area contributed by atoms with E-state index in [2.05, 4.69) is 459 Å². The highest BCUT2D eigenvalue weighted by molar-refractivity contribution is 5.95. The van der Waals surface area contributed by atoms with Gasteiger partial charge in [0.15, 0.2) is 0 Å². The van der Waals surface area contributed by atoms with Crippen molar-refractivity contribution in [2.45, 2.75) is 10.8 Å². The minimum atomic E-state index is -0.507. The maximum absolute atomic E-state index is 2.46. The highest BCUT2D eigenvalue weighted by atomic mass is 15.1. The molecule has 0 radical (unpaired) electrons. The maximum Gasteiger partial charge on any atom is 0.0714 e. The second-order valence-corrected chi connectivity index (χ2v) is 27.4. The minimum absolute atomic E-state index is 0.473. The van der Waals surface area contributed by atoms with E-state index < -0.39 is 10.8 Å². The Morgan fingerprint density at radius 1 is 0.142 bits per heavy atom. The van der Waals surface area contributed by atoms with Crippen LogP contribution in [-0.2, 0) is 10.8 Å². The van der Waals surface area contributed by atoms with Crippen molar-refractivity contribution in [2.75, 3.05) is 9.80 Å². The standard InChI is InChI=1S/C55H39N.C49H35N/c1-6-18-40(19-7-1)42-30-33-47(34-31-42)56(54-37-32-44(41-20-8-2-9-21-41)38-51(54)43-22-10-3-11-23-43)48-35-36-50-49-28-16-17-29-52(49)55(53(50)39-48,45-24-12-4-13-25-45)46-26-14-5-15-27-46;1-5-16-36(17-6-1)38-28-30-42(31-29-38)50(43-25-15-20-39(34-43)37-18-7-2-8-19-37)44-32-33-46-45-26-13-14-27-47(45)49(48(46)35-44,40-21-9-3-10-22-40)41-23-11-4-12-24-41/h1-39H;1-35H. The van der Waals surface area contributed by atoms with E-state index in [1.54, 1.807) is 0 Å². The van der Waals surface area contributed by atoms with Crippen LogP contribution in [0.4, 0.5) is 34.1 Å². The van der Waals surface area contributed by atoms with E-state index in [1.165, 1.54) is 122 Å². The van der Waals surface area contributed by atoms with Crippen LogP contribution in [0.3, 0.4) is 0 Å². The summed E-state index contributed by atoms with van der Waals surface area (Å²) in [5.74, 6) is 0. The topological polar surface area (TPSA) is 6.48 Å². The average molecular weight is 1350 g/mol. The molecule has 19 rings (SSSR count). The van der Waals surface area contributed by atoms with E-state index in [-0.39, 0.29) is 0 Å². The van der Waals surface area contributed by atoms with E-state index in [0.29, 0.717) is 0 Å². The van der Waals surface area contributed by atoms with Crippen LogP contribution in [0.15, 0.2) is 449 Å². The molecule has 0 N–H and O–H groups in total. The van der Waals surface area contributed by atoms with Gasteiger partial charge in [-0.05, 0) is 190 Å². The van der Waals surface area contributed by atoms with E-state index in [0.717, 1.165) is 34.1 Å². The van der Waals surface area contributed by atoms with Gasteiger partial charge in [0.25, 0.3) is 0 Å². The number of nitrogens with zero attached hydrogens (tertiary/aromatic N) is 2. The smallest absolute Gasteiger partial charge is 0.0714 e. The van der Waals surface area contributed by atoms with Crippen molar-refractivity contribution in [2.24, 2.45) is 0 Å². The second-order valence-electron chi connectivity index (χ2n) is 27.4. The first-order valence-corrected chi connectivity index (χ1v) is 36.6. The zero-order valence-electron chi connectivity index (χ0n) is 58.6. The van der Waals surface area contributed by atoms with Gasteiger partial charge in [-0.2, -0.15) is 0 Å². The number of benzene rings is 17. The molecule has 106 heavy (non-hydrogen) atoms. The molecular formula is C104H74N2. The van der Waals surface area contributed by atoms with E-state index in [9.17, 15) is 0 Å². The molecule has 0 saturated heterocycles. The third-order valence-electron chi connectivity index (χ3n) is 21.5. The number of fused-ring (bicyclic) bond motifs is 6. The van der Waals surface area contributed by atoms with Gasteiger partial charge < -0.3 is 9.80 Å². The molecule has 0 heterocycles. The molecule has 0 spiro atoms. The van der Waals surface area contributed by atoms with Crippen molar-refractivity contribution in [1.82, 2.24) is 0 Å². The average Bonchev–Trinajstić information content (AvgIpc) is 1.54. The van der Waals surface area contributed by atoms with Gasteiger partial charge in [0, 0.05) is 34.0 Å². The quantitative estimate of drug-likeness (QED) is 0.101. The fraction of sp³-hybridized carbons (Fsp3) is 0.0192. The van der Waals surface area contributed by atoms with Crippen LogP contribution in [0.1, 0.15) is 44.5 Å². The predicted molar refractivity (Wildman–Crippen MR) is 444 cm³/mol. The van der Waals surface area contributed by atoms with Crippen molar-refractivity contribution in [1.29, 1.82) is 0 Å². The summed E-state index contributed by atoms with van der Waals surface area (Å²) in [5, 5.41) is 0. The molecule has 0 saturated carbocycles. The third-order valence-corrected chi connectivity index (χ3v) is 21.5. The van der Waals surface area contributed by atoms with Gasteiger partial charge in [-0.15, -0.1) is 0 Å². The minimum Gasteiger partial charge on any atom is -0.310 e. The Kier molecular flexibility index (Phi) is 17.2. The van der Waals surface area contributed by atoms with Crippen LogP contribution in [0.2, 0.25) is 0 Å². The molecule has 0 unspecified atom stereocenters. The first-order chi connectivity index (χ1) is 52.6. The lowest BCUT2D eigenvalue weighted by molar-refractivity contribution is 0.768. The van der Waals surface area contributed by atoms with Crippen LogP contribution in [0, 0.1) is 0 Å². The van der Waals surface area contributed by atoms with Gasteiger partial charge in [-0.3, -0.25) is 0 Å². The third kappa shape index (κ3) is 11.6. The first-order valence-electron chi connectivity index (χ1n) is 36.6. The molecular weight excluding hydrogens is 1280 g/mol. The lowest BCUT2D eigenvalue weighted by Crippen LogP contribution is -2.28. The molecule has 500 valence electrons. The van der Waals surface area contributed by atoms with Crippen LogP contribution in [-0.4, -0.2) is 0 Å². The number of hydrogen-bond acceptors (Lipinski definition) is 2. The summed E-state index contributed by atoms with van der Waals surface area (Å²) in [7, 11) is 0. The van der Waals surface area contributed by atoms with E-state index in [4.69, 9.17) is 0 Å². The van der Waals surface area contributed by atoms with Gasteiger partial charge in [0.2, 0.25) is 0 Å². The molecule has 0 bridgehead atoms. The van der Waals surface area contributed by atoms with Crippen molar-refractivity contribution >= 4 is 34.1 Å². The predicted octanol–water partition coefficient (Wildman–Crippen LogP) is 27.4. The summed E-state index contributed by atoms with van der Waals surface area (Å²) in [6, 6.07) is 163. The summed E-state index contributed by atoms with van der Waals surface area (Å²) < 4.78 is 0. The Balaban J connectivity index is 0.000000151. The Morgan fingerprint density at radius 2 is 0.415 bits per heavy atom. The Morgan fingerprint density at radius 3 is 0.821 bits per heavy atom. The first kappa shape index (κ1) is 64.4. The maximum atomic E-state index is 2.46. The van der Waals surface area contributed by atoms with E-state index in [1.807, 2.05) is 0 Å². The summed E-state index contributed by atoms with van der Waals surface area (Å²) >= 11 is 0. The molecule has 0 amide bonds. The lowest BCUT2D eigenvalue weighted by Gasteiger charge is -2.35. The van der Waals surface area contributed by atoms with Crippen molar-refractivity contribution in [3.63, 3.8) is 0 Å². The number of hydrogen-bond donors (Lipinski definition) is 0. The summed E-state index contributed by atoms with van der Waals surface area (Å²) in [4.78, 5) is 4.86. The van der Waals surface area contributed by atoms with Crippen LogP contribution >= 0.6 is 0 Å². The van der Waals surface area contributed by atoms with Crippen molar-refractivity contribution in [3.8, 4) is 77.9 Å². The molecule has 0 aromatic heterocycles. The molecule has 0 fully saturated rings. The summed E-state index contributed by atoms with van der Waals surface area (Å²) in [6.07, 6.45) is 0.